The van der Waals surface area contributed by atoms with Crippen LogP contribution in [0.1, 0.15) is 21.7 Å². The Morgan fingerprint density at radius 3 is 2.67 bits per heavy atom. The minimum atomic E-state index is 0.0584. The molecule has 0 spiro atoms. The van der Waals surface area contributed by atoms with Crippen LogP contribution in [-0.2, 0) is 6.61 Å². The summed E-state index contributed by atoms with van der Waals surface area (Å²) >= 11 is 1.31. The monoisotopic (exact) mass is 339 g/mol. The van der Waals surface area contributed by atoms with Crippen LogP contribution in [0.25, 0.3) is 0 Å². The Labute approximate surface area is 144 Å². The van der Waals surface area contributed by atoms with Crippen LogP contribution in [0.15, 0.2) is 59.8 Å². The maximum absolute atomic E-state index is 12.1. The first kappa shape index (κ1) is 16.3. The van der Waals surface area contributed by atoms with Gasteiger partial charge < -0.3 is 4.74 Å². The molecule has 122 valence electrons. The van der Waals surface area contributed by atoms with Crippen molar-refractivity contribution in [2.45, 2.75) is 18.7 Å². The molecule has 24 heavy (non-hydrogen) atoms. The van der Waals surface area contributed by atoms with Crippen LogP contribution < -0.4 is 4.74 Å². The lowest BCUT2D eigenvalue weighted by Crippen LogP contribution is -2.02. The number of nitrogens with one attached hydrogen (secondary N) is 1. The van der Waals surface area contributed by atoms with E-state index in [1.165, 1.54) is 11.8 Å². The van der Waals surface area contributed by atoms with Crippen molar-refractivity contribution in [3.63, 3.8) is 0 Å². The van der Waals surface area contributed by atoms with Crippen molar-refractivity contribution in [1.29, 1.82) is 0 Å². The van der Waals surface area contributed by atoms with E-state index in [1.807, 2.05) is 61.5 Å². The molecule has 6 heteroatoms. The van der Waals surface area contributed by atoms with Gasteiger partial charge >= 0.3 is 0 Å². The quantitative estimate of drug-likeness (QED) is 0.525. The molecule has 5 nitrogen and oxygen atoms in total. The highest BCUT2D eigenvalue weighted by atomic mass is 32.2. The number of H-pyrrole nitrogens is 1. The molecule has 0 fully saturated rings. The van der Waals surface area contributed by atoms with Gasteiger partial charge in [0, 0.05) is 5.56 Å². The van der Waals surface area contributed by atoms with Crippen molar-refractivity contribution in [1.82, 2.24) is 15.2 Å². The third-order valence-electron chi connectivity index (χ3n) is 3.40. The molecule has 0 saturated heterocycles. The largest absolute Gasteiger partial charge is 0.485 e. The molecule has 0 bridgehead atoms. The van der Waals surface area contributed by atoms with Gasteiger partial charge in [0.05, 0.1) is 5.75 Å². The van der Waals surface area contributed by atoms with Gasteiger partial charge in [0.1, 0.15) is 12.4 Å². The van der Waals surface area contributed by atoms with E-state index < -0.39 is 0 Å². The van der Waals surface area contributed by atoms with E-state index >= 15 is 0 Å². The van der Waals surface area contributed by atoms with Crippen molar-refractivity contribution in [3.8, 4) is 5.75 Å². The van der Waals surface area contributed by atoms with E-state index in [1.54, 1.807) is 0 Å². The molecule has 3 rings (SSSR count). The normalized spacial score (nSPS) is 10.5. The number of nitrogens with zero attached hydrogens (tertiary/aromatic N) is 2. The predicted molar refractivity (Wildman–Crippen MR) is 93.4 cm³/mol. The molecule has 0 aliphatic carbocycles. The molecule has 0 amide bonds. The van der Waals surface area contributed by atoms with Crippen LogP contribution in [0.3, 0.4) is 0 Å². The van der Waals surface area contributed by atoms with E-state index in [9.17, 15) is 4.79 Å². The summed E-state index contributed by atoms with van der Waals surface area (Å²) in [7, 11) is 0. The summed E-state index contributed by atoms with van der Waals surface area (Å²) in [6.07, 6.45) is 0. The van der Waals surface area contributed by atoms with Crippen molar-refractivity contribution in [3.05, 3.63) is 71.5 Å². The van der Waals surface area contributed by atoms with Crippen molar-refractivity contribution >= 4 is 17.5 Å². The third kappa shape index (κ3) is 4.23. The molecule has 1 heterocycles. The van der Waals surface area contributed by atoms with Crippen LogP contribution in [0.5, 0.6) is 5.75 Å². The maximum atomic E-state index is 12.1. The summed E-state index contributed by atoms with van der Waals surface area (Å²) < 4.78 is 5.72. The Kier molecular flexibility index (Phi) is 5.28. The predicted octanol–water partition coefficient (Wildman–Crippen LogP) is 3.67. The molecule has 0 aliphatic heterocycles. The molecule has 2 aromatic carbocycles. The van der Waals surface area contributed by atoms with Crippen LogP contribution >= 0.6 is 11.8 Å². The fourth-order valence-electron chi connectivity index (χ4n) is 2.11. The third-order valence-corrected chi connectivity index (χ3v) is 4.24. The van der Waals surface area contributed by atoms with E-state index in [4.69, 9.17) is 4.74 Å². The molecular formula is C18H17N3O2S. The van der Waals surface area contributed by atoms with Crippen LogP contribution in [0.4, 0.5) is 0 Å². The highest BCUT2D eigenvalue weighted by Crippen LogP contribution is 2.18. The van der Waals surface area contributed by atoms with E-state index in [0.29, 0.717) is 28.9 Å². The molecular weight excluding hydrogens is 322 g/mol. The summed E-state index contributed by atoms with van der Waals surface area (Å²) in [5.74, 6) is 1.82. The van der Waals surface area contributed by atoms with Crippen molar-refractivity contribution < 1.29 is 9.53 Å². The number of ether oxygens (including phenoxy) is 1. The smallest absolute Gasteiger partial charge is 0.208 e. The SMILES string of the molecule is Cc1ccccc1OCc1nc(SCC(=O)c2ccccc2)n[nH]1. The first-order chi connectivity index (χ1) is 11.7. The number of hydrogen-bond acceptors (Lipinski definition) is 5. The van der Waals surface area contributed by atoms with Crippen LogP contribution in [0, 0.1) is 6.92 Å². The van der Waals surface area contributed by atoms with E-state index in [2.05, 4.69) is 15.2 Å². The summed E-state index contributed by atoms with van der Waals surface area (Å²) in [6, 6.07) is 17.0. The van der Waals surface area contributed by atoms with Gasteiger partial charge in [-0.1, -0.05) is 60.3 Å². The number of rotatable bonds is 7. The number of para-hydroxylation sites is 1. The second-order valence-electron chi connectivity index (χ2n) is 5.20. The lowest BCUT2D eigenvalue weighted by Gasteiger charge is -2.06. The number of aromatic amines is 1. The molecule has 0 aliphatic rings. The minimum Gasteiger partial charge on any atom is -0.485 e. The number of Topliss-reactive ketones (excluding diaryl/α,β-unsaturated/α-hetero) is 1. The summed E-state index contributed by atoms with van der Waals surface area (Å²) in [4.78, 5) is 16.4. The summed E-state index contributed by atoms with van der Waals surface area (Å²) in [5, 5.41) is 7.50. The number of thioether (sulfide) groups is 1. The molecule has 0 saturated carbocycles. The zero-order valence-electron chi connectivity index (χ0n) is 13.2. The van der Waals surface area contributed by atoms with Gasteiger partial charge in [-0.05, 0) is 18.6 Å². The Balaban J connectivity index is 1.52. The van der Waals surface area contributed by atoms with Gasteiger partial charge in [0.25, 0.3) is 0 Å². The summed E-state index contributed by atoms with van der Waals surface area (Å²) in [6.45, 7) is 2.30. The Bertz CT molecular complexity index is 818. The molecule has 3 aromatic rings. The summed E-state index contributed by atoms with van der Waals surface area (Å²) in [5.41, 5.74) is 1.77. The van der Waals surface area contributed by atoms with E-state index in [0.717, 1.165) is 11.3 Å². The van der Waals surface area contributed by atoms with Crippen LogP contribution in [-0.4, -0.2) is 26.7 Å². The van der Waals surface area contributed by atoms with Crippen molar-refractivity contribution in [2.24, 2.45) is 0 Å². The fraction of sp³-hybridized carbons (Fsp3) is 0.167. The lowest BCUT2D eigenvalue weighted by atomic mass is 10.2. The zero-order valence-corrected chi connectivity index (χ0v) is 14.0. The number of aromatic nitrogens is 3. The number of ketones is 1. The Hall–Kier alpha value is -2.60. The number of aryl methyl sites for hydroxylation is 1. The maximum Gasteiger partial charge on any atom is 0.208 e. The second kappa shape index (κ2) is 7.79. The van der Waals surface area contributed by atoms with E-state index in [-0.39, 0.29) is 5.78 Å². The van der Waals surface area contributed by atoms with Gasteiger partial charge in [-0.15, -0.1) is 5.10 Å². The average Bonchev–Trinajstić information content (AvgIpc) is 3.08. The number of carbonyl (C=O) groups is 1. The topological polar surface area (TPSA) is 67.9 Å². The van der Waals surface area contributed by atoms with Crippen LogP contribution in [0.2, 0.25) is 0 Å². The highest BCUT2D eigenvalue weighted by molar-refractivity contribution is 7.99. The lowest BCUT2D eigenvalue weighted by molar-refractivity contribution is 0.102. The Morgan fingerprint density at radius 1 is 1.12 bits per heavy atom. The molecule has 1 N–H and O–H groups in total. The molecule has 0 radical (unpaired) electrons. The van der Waals surface area contributed by atoms with Gasteiger partial charge in [-0.25, -0.2) is 4.98 Å². The second-order valence-corrected chi connectivity index (χ2v) is 6.14. The van der Waals surface area contributed by atoms with Gasteiger partial charge in [0.15, 0.2) is 11.6 Å². The first-order valence-electron chi connectivity index (χ1n) is 7.53. The molecule has 0 atom stereocenters. The Morgan fingerprint density at radius 2 is 1.88 bits per heavy atom. The standard InChI is InChI=1S/C18H17N3O2S/c1-13-7-5-6-10-16(13)23-11-17-19-18(21-20-17)24-12-15(22)14-8-3-2-4-9-14/h2-10H,11-12H2,1H3,(H,19,20,21). The van der Waals surface area contributed by atoms with Crippen molar-refractivity contribution in [2.75, 3.05) is 5.75 Å². The van der Waals surface area contributed by atoms with Gasteiger partial charge in [-0.3, -0.25) is 9.89 Å². The van der Waals surface area contributed by atoms with Gasteiger partial charge in [-0.2, -0.15) is 0 Å². The highest BCUT2D eigenvalue weighted by Gasteiger charge is 2.10. The molecule has 0 unspecified atom stereocenters. The fourth-order valence-corrected chi connectivity index (χ4v) is 2.82. The first-order valence-corrected chi connectivity index (χ1v) is 8.51. The number of carbonyl (C=O) groups excluding carboxylic acids is 1. The average molecular weight is 339 g/mol. The van der Waals surface area contributed by atoms with Gasteiger partial charge in [0.2, 0.25) is 5.16 Å². The molecule has 1 aromatic heterocycles. The minimum absolute atomic E-state index is 0.0584. The number of hydrogen-bond donors (Lipinski definition) is 1. The zero-order chi connectivity index (χ0) is 16.8. The number of benzene rings is 2.